The number of furan rings is 1. The number of amides is 1. The monoisotopic (exact) mass is 259 g/mol. The van der Waals surface area contributed by atoms with Gasteiger partial charge in [-0.2, -0.15) is 5.26 Å². The summed E-state index contributed by atoms with van der Waals surface area (Å²) < 4.78 is 5.26. The molecule has 1 aromatic rings. The zero-order chi connectivity index (χ0) is 13.7. The second-order valence-corrected chi connectivity index (χ2v) is 4.64. The minimum Gasteiger partial charge on any atom is -0.467 e. The van der Waals surface area contributed by atoms with Gasteiger partial charge in [0.25, 0.3) is 0 Å². The molecule has 0 aliphatic heterocycles. The number of hydrogen-bond donors (Lipinski definition) is 1. The van der Waals surface area contributed by atoms with E-state index in [1.54, 1.807) is 17.2 Å². The van der Waals surface area contributed by atoms with Crippen LogP contribution in [0.1, 0.15) is 18.6 Å². The SMILES string of the molecule is N#CCCN(Cc1ccco1)C(=O)C1C=CC(N)C1. The number of hydrogen-bond acceptors (Lipinski definition) is 4. The van der Waals surface area contributed by atoms with E-state index >= 15 is 0 Å². The van der Waals surface area contributed by atoms with E-state index in [0.29, 0.717) is 25.9 Å². The molecule has 0 spiro atoms. The van der Waals surface area contributed by atoms with E-state index in [1.165, 1.54) is 0 Å². The van der Waals surface area contributed by atoms with Gasteiger partial charge in [0.15, 0.2) is 0 Å². The Hall–Kier alpha value is -2.06. The fourth-order valence-electron chi connectivity index (χ4n) is 2.19. The fourth-order valence-corrected chi connectivity index (χ4v) is 2.19. The van der Waals surface area contributed by atoms with Crippen LogP contribution in [0.15, 0.2) is 35.0 Å². The molecule has 0 bridgehead atoms. The van der Waals surface area contributed by atoms with Gasteiger partial charge in [-0.05, 0) is 18.6 Å². The quantitative estimate of drug-likeness (QED) is 0.811. The Labute approximate surface area is 112 Å². The standard InChI is InChI=1S/C14H17N3O2/c15-6-2-7-17(10-13-3-1-8-19-13)14(18)11-4-5-12(16)9-11/h1,3-5,8,11-12H,2,7,9-10,16H2. The van der Waals surface area contributed by atoms with Gasteiger partial charge in [0.2, 0.25) is 5.91 Å². The normalized spacial score (nSPS) is 21.3. The molecule has 1 aliphatic carbocycles. The van der Waals surface area contributed by atoms with Crippen LogP contribution in [0.4, 0.5) is 0 Å². The summed E-state index contributed by atoms with van der Waals surface area (Å²) in [5, 5.41) is 8.69. The predicted molar refractivity (Wildman–Crippen MR) is 69.6 cm³/mol. The van der Waals surface area contributed by atoms with Gasteiger partial charge < -0.3 is 15.1 Å². The lowest BCUT2D eigenvalue weighted by Gasteiger charge is -2.23. The molecule has 100 valence electrons. The number of nitriles is 1. The van der Waals surface area contributed by atoms with Crippen LogP contribution in [0.5, 0.6) is 0 Å². The molecule has 2 unspecified atom stereocenters. The van der Waals surface area contributed by atoms with Crippen molar-refractivity contribution in [3.05, 3.63) is 36.3 Å². The molecule has 1 heterocycles. The number of carbonyl (C=O) groups is 1. The predicted octanol–water partition coefficient (Wildman–Crippen LogP) is 1.43. The van der Waals surface area contributed by atoms with E-state index in [1.807, 2.05) is 18.2 Å². The highest BCUT2D eigenvalue weighted by Gasteiger charge is 2.27. The highest BCUT2D eigenvalue weighted by atomic mass is 16.3. The van der Waals surface area contributed by atoms with Crippen LogP contribution in [0.3, 0.4) is 0 Å². The van der Waals surface area contributed by atoms with Gasteiger partial charge in [-0.25, -0.2) is 0 Å². The first-order valence-corrected chi connectivity index (χ1v) is 6.32. The topological polar surface area (TPSA) is 83.3 Å². The molecule has 5 nitrogen and oxygen atoms in total. The van der Waals surface area contributed by atoms with Crippen molar-refractivity contribution in [1.82, 2.24) is 4.90 Å². The zero-order valence-electron chi connectivity index (χ0n) is 10.7. The Bertz CT molecular complexity index is 487. The minimum atomic E-state index is -0.177. The van der Waals surface area contributed by atoms with E-state index < -0.39 is 0 Å². The van der Waals surface area contributed by atoms with Crippen LogP contribution >= 0.6 is 0 Å². The Morgan fingerprint density at radius 2 is 2.42 bits per heavy atom. The average Bonchev–Trinajstić information content (AvgIpc) is 3.05. The molecule has 2 rings (SSSR count). The Kier molecular flexibility index (Phi) is 4.37. The second-order valence-electron chi connectivity index (χ2n) is 4.64. The van der Waals surface area contributed by atoms with Crippen molar-refractivity contribution in [2.24, 2.45) is 11.7 Å². The Balaban J connectivity index is 2.02. The molecule has 0 saturated heterocycles. The van der Waals surface area contributed by atoms with Crippen LogP contribution < -0.4 is 5.73 Å². The summed E-state index contributed by atoms with van der Waals surface area (Å²) in [6, 6.07) is 5.63. The van der Waals surface area contributed by atoms with Gasteiger partial charge in [-0.15, -0.1) is 0 Å². The molecular formula is C14H17N3O2. The van der Waals surface area contributed by atoms with Crippen molar-refractivity contribution in [3.8, 4) is 6.07 Å². The highest BCUT2D eigenvalue weighted by molar-refractivity contribution is 5.81. The van der Waals surface area contributed by atoms with Gasteiger partial charge >= 0.3 is 0 Å². The first-order valence-electron chi connectivity index (χ1n) is 6.32. The third-order valence-electron chi connectivity index (χ3n) is 3.17. The molecule has 1 aromatic heterocycles. The molecule has 0 radical (unpaired) electrons. The van der Waals surface area contributed by atoms with Crippen molar-refractivity contribution >= 4 is 5.91 Å². The van der Waals surface area contributed by atoms with Gasteiger partial charge in [-0.1, -0.05) is 12.2 Å². The summed E-state index contributed by atoms with van der Waals surface area (Å²) in [6.07, 6.45) is 6.25. The summed E-state index contributed by atoms with van der Waals surface area (Å²) in [4.78, 5) is 14.1. The molecule has 2 N–H and O–H groups in total. The van der Waals surface area contributed by atoms with E-state index in [9.17, 15) is 4.79 Å². The number of carbonyl (C=O) groups excluding carboxylic acids is 1. The molecule has 2 atom stereocenters. The summed E-state index contributed by atoms with van der Waals surface area (Å²) in [7, 11) is 0. The van der Waals surface area contributed by atoms with Crippen LogP contribution in [-0.4, -0.2) is 23.4 Å². The maximum absolute atomic E-state index is 12.4. The van der Waals surface area contributed by atoms with Crippen LogP contribution in [0.25, 0.3) is 0 Å². The first-order chi connectivity index (χ1) is 9.20. The largest absolute Gasteiger partial charge is 0.467 e. The van der Waals surface area contributed by atoms with Gasteiger partial charge in [0.1, 0.15) is 5.76 Å². The lowest BCUT2D eigenvalue weighted by Crippen LogP contribution is -2.36. The lowest BCUT2D eigenvalue weighted by atomic mass is 10.1. The maximum Gasteiger partial charge on any atom is 0.230 e. The zero-order valence-corrected chi connectivity index (χ0v) is 10.7. The van der Waals surface area contributed by atoms with Crippen molar-refractivity contribution in [1.29, 1.82) is 5.26 Å². The fraction of sp³-hybridized carbons (Fsp3) is 0.429. The van der Waals surface area contributed by atoms with Crippen molar-refractivity contribution in [2.75, 3.05) is 6.54 Å². The third kappa shape index (κ3) is 3.46. The molecule has 0 fully saturated rings. The van der Waals surface area contributed by atoms with Crippen LogP contribution in [0.2, 0.25) is 0 Å². The van der Waals surface area contributed by atoms with Crippen molar-refractivity contribution in [3.63, 3.8) is 0 Å². The molecular weight excluding hydrogens is 242 g/mol. The average molecular weight is 259 g/mol. The van der Waals surface area contributed by atoms with Crippen LogP contribution in [0, 0.1) is 17.2 Å². The first kappa shape index (κ1) is 13.4. The summed E-state index contributed by atoms with van der Waals surface area (Å²) in [5.41, 5.74) is 5.77. The van der Waals surface area contributed by atoms with Gasteiger partial charge in [-0.3, -0.25) is 4.79 Å². The van der Waals surface area contributed by atoms with E-state index in [0.717, 1.165) is 5.76 Å². The molecule has 19 heavy (non-hydrogen) atoms. The maximum atomic E-state index is 12.4. The highest BCUT2D eigenvalue weighted by Crippen LogP contribution is 2.20. The number of nitrogens with zero attached hydrogens (tertiary/aromatic N) is 2. The van der Waals surface area contributed by atoms with Crippen LogP contribution in [-0.2, 0) is 11.3 Å². The van der Waals surface area contributed by atoms with Gasteiger partial charge in [0, 0.05) is 12.6 Å². The van der Waals surface area contributed by atoms with Gasteiger partial charge in [0.05, 0.1) is 31.2 Å². The molecule has 0 saturated carbocycles. The third-order valence-corrected chi connectivity index (χ3v) is 3.17. The van der Waals surface area contributed by atoms with E-state index in [4.69, 9.17) is 15.4 Å². The molecule has 1 aliphatic rings. The molecule has 1 amide bonds. The van der Waals surface area contributed by atoms with Crippen molar-refractivity contribution in [2.45, 2.75) is 25.4 Å². The Morgan fingerprint density at radius 1 is 1.58 bits per heavy atom. The second kappa shape index (κ2) is 6.21. The summed E-state index contributed by atoms with van der Waals surface area (Å²) >= 11 is 0. The smallest absolute Gasteiger partial charge is 0.230 e. The lowest BCUT2D eigenvalue weighted by molar-refractivity contribution is -0.134. The number of rotatable bonds is 5. The summed E-state index contributed by atoms with van der Waals surface area (Å²) in [6.45, 7) is 0.808. The summed E-state index contributed by atoms with van der Waals surface area (Å²) in [5.74, 6) is 0.553. The van der Waals surface area contributed by atoms with E-state index in [2.05, 4.69) is 6.07 Å². The van der Waals surface area contributed by atoms with Crippen molar-refractivity contribution < 1.29 is 9.21 Å². The molecule has 0 aromatic carbocycles. The Morgan fingerprint density at radius 3 is 3.00 bits per heavy atom. The van der Waals surface area contributed by atoms with E-state index in [-0.39, 0.29) is 17.9 Å². The molecule has 5 heteroatoms. The number of nitrogens with two attached hydrogens (primary N) is 1. The minimum absolute atomic E-state index is 0.0100.